The van der Waals surface area contributed by atoms with Crippen molar-refractivity contribution in [3.8, 4) is 0 Å². The minimum Gasteiger partial charge on any atom is -0.468 e. The van der Waals surface area contributed by atoms with E-state index < -0.39 is 6.04 Å². The molecule has 1 aromatic carbocycles. The quantitative estimate of drug-likeness (QED) is 0.848. The first-order chi connectivity index (χ1) is 11.6. The molecule has 2 saturated heterocycles. The molecule has 2 heterocycles. The summed E-state index contributed by atoms with van der Waals surface area (Å²) in [5.74, 6) is -0.680. The normalized spacial score (nSPS) is 20.8. The van der Waals surface area contributed by atoms with Gasteiger partial charge in [-0.3, -0.25) is 4.90 Å². The molecule has 6 nitrogen and oxygen atoms in total. The van der Waals surface area contributed by atoms with Gasteiger partial charge < -0.3 is 15.0 Å². The summed E-state index contributed by atoms with van der Waals surface area (Å²) < 4.78 is 18.1. The Labute approximate surface area is 140 Å². The lowest BCUT2D eigenvalue weighted by Crippen LogP contribution is -2.48. The first-order valence-corrected chi connectivity index (χ1v) is 8.22. The van der Waals surface area contributed by atoms with Gasteiger partial charge in [-0.1, -0.05) is 12.1 Å². The molecule has 2 aliphatic heterocycles. The molecule has 7 heteroatoms. The van der Waals surface area contributed by atoms with Gasteiger partial charge in [0.05, 0.1) is 7.11 Å². The van der Waals surface area contributed by atoms with Gasteiger partial charge in [0.2, 0.25) is 0 Å². The van der Waals surface area contributed by atoms with Crippen LogP contribution >= 0.6 is 0 Å². The van der Waals surface area contributed by atoms with E-state index in [4.69, 9.17) is 4.74 Å². The second-order valence-corrected chi connectivity index (χ2v) is 6.17. The second-order valence-electron chi connectivity index (χ2n) is 6.17. The highest BCUT2D eigenvalue weighted by Crippen LogP contribution is 2.28. The summed E-state index contributed by atoms with van der Waals surface area (Å²) in [6.07, 6.45) is 1.62. The molecule has 2 aliphatic rings. The number of piperidine rings is 1. The third-order valence-electron chi connectivity index (χ3n) is 4.80. The lowest BCUT2D eigenvalue weighted by atomic mass is 9.98. The fourth-order valence-electron chi connectivity index (χ4n) is 3.54. The number of carbonyl (C=O) groups is 2. The van der Waals surface area contributed by atoms with Crippen molar-refractivity contribution in [1.29, 1.82) is 0 Å². The maximum absolute atomic E-state index is 13.2. The minimum absolute atomic E-state index is 0.00324. The average molecular weight is 335 g/mol. The number of rotatable bonds is 4. The molecule has 1 unspecified atom stereocenters. The Kier molecular flexibility index (Phi) is 4.99. The summed E-state index contributed by atoms with van der Waals surface area (Å²) >= 11 is 0. The van der Waals surface area contributed by atoms with E-state index in [1.54, 1.807) is 12.1 Å². The van der Waals surface area contributed by atoms with Crippen LogP contribution < -0.4 is 5.32 Å². The zero-order chi connectivity index (χ0) is 17.1. The van der Waals surface area contributed by atoms with Crippen molar-refractivity contribution in [3.05, 3.63) is 35.6 Å². The van der Waals surface area contributed by atoms with Crippen LogP contribution in [-0.2, 0) is 9.53 Å². The zero-order valence-electron chi connectivity index (χ0n) is 13.7. The Morgan fingerprint density at radius 1 is 1.25 bits per heavy atom. The Balaban J connectivity index is 1.70. The number of ether oxygens (including phenoxy) is 1. The number of likely N-dealkylation sites (tertiary alicyclic amines) is 1. The molecule has 1 atom stereocenters. The van der Waals surface area contributed by atoms with Crippen molar-refractivity contribution < 1.29 is 18.7 Å². The van der Waals surface area contributed by atoms with Crippen LogP contribution in [0.2, 0.25) is 0 Å². The van der Waals surface area contributed by atoms with Crippen LogP contribution in [0.25, 0.3) is 0 Å². The molecular weight excluding hydrogens is 313 g/mol. The van der Waals surface area contributed by atoms with Crippen molar-refractivity contribution in [2.45, 2.75) is 24.9 Å². The van der Waals surface area contributed by atoms with E-state index in [0.717, 1.165) is 24.9 Å². The summed E-state index contributed by atoms with van der Waals surface area (Å²) in [5.41, 5.74) is 0.723. The highest BCUT2D eigenvalue weighted by molar-refractivity contribution is 5.78. The highest BCUT2D eigenvalue weighted by Gasteiger charge is 2.35. The van der Waals surface area contributed by atoms with Crippen molar-refractivity contribution in [1.82, 2.24) is 15.1 Å². The van der Waals surface area contributed by atoms with Crippen molar-refractivity contribution in [3.63, 3.8) is 0 Å². The van der Waals surface area contributed by atoms with E-state index >= 15 is 0 Å². The van der Waals surface area contributed by atoms with Crippen molar-refractivity contribution >= 4 is 12.0 Å². The monoisotopic (exact) mass is 335 g/mol. The number of benzene rings is 1. The van der Waals surface area contributed by atoms with Gasteiger partial charge in [0.15, 0.2) is 0 Å². The van der Waals surface area contributed by atoms with Crippen LogP contribution in [0.1, 0.15) is 24.4 Å². The number of hydrogen-bond donors (Lipinski definition) is 1. The Morgan fingerprint density at radius 2 is 1.92 bits per heavy atom. The van der Waals surface area contributed by atoms with Crippen molar-refractivity contribution in [2.75, 3.05) is 33.3 Å². The fourth-order valence-corrected chi connectivity index (χ4v) is 3.54. The third-order valence-corrected chi connectivity index (χ3v) is 4.80. The largest absolute Gasteiger partial charge is 0.468 e. The van der Waals surface area contributed by atoms with Crippen LogP contribution in [-0.4, -0.2) is 61.1 Å². The molecule has 1 aromatic rings. The van der Waals surface area contributed by atoms with Crippen LogP contribution in [0.3, 0.4) is 0 Å². The standard InChI is InChI=1S/C17H22FN3O3/c1-24-16(22)15(12-2-4-13(18)5-3-12)20-9-6-14(7-10-20)21-11-8-19-17(21)23/h2-5,14-15H,6-11H2,1H3,(H,19,23). The average Bonchev–Trinajstić information content (AvgIpc) is 3.03. The smallest absolute Gasteiger partial charge is 0.327 e. The predicted octanol–water partition coefficient (Wildman–Crippen LogP) is 1.53. The molecule has 0 radical (unpaired) electrons. The molecule has 130 valence electrons. The number of esters is 1. The Morgan fingerprint density at radius 3 is 2.46 bits per heavy atom. The highest BCUT2D eigenvalue weighted by atomic mass is 19.1. The van der Waals surface area contributed by atoms with E-state index in [0.29, 0.717) is 19.6 Å². The second kappa shape index (κ2) is 7.17. The van der Waals surface area contributed by atoms with E-state index in [1.165, 1.54) is 19.2 Å². The van der Waals surface area contributed by atoms with Gasteiger partial charge in [-0.25, -0.2) is 14.0 Å². The molecular formula is C17H22FN3O3. The van der Waals surface area contributed by atoms with E-state index in [2.05, 4.69) is 5.32 Å². The first-order valence-electron chi connectivity index (χ1n) is 8.22. The van der Waals surface area contributed by atoms with Crippen molar-refractivity contribution in [2.24, 2.45) is 0 Å². The topological polar surface area (TPSA) is 61.9 Å². The number of urea groups is 1. The third kappa shape index (κ3) is 3.36. The summed E-state index contributed by atoms with van der Waals surface area (Å²) in [4.78, 5) is 28.0. The SMILES string of the molecule is COC(=O)C(c1ccc(F)cc1)N1CCC(N2CCNC2=O)CC1. The van der Waals surface area contributed by atoms with Gasteiger partial charge in [0, 0.05) is 32.2 Å². The number of hydrogen-bond acceptors (Lipinski definition) is 4. The molecule has 0 saturated carbocycles. The molecule has 0 bridgehead atoms. The summed E-state index contributed by atoms with van der Waals surface area (Å²) in [6, 6.07) is 5.61. The molecule has 3 rings (SSSR count). The lowest BCUT2D eigenvalue weighted by molar-refractivity contribution is -0.148. The molecule has 2 fully saturated rings. The van der Waals surface area contributed by atoms with Crippen LogP contribution in [0.4, 0.5) is 9.18 Å². The minimum atomic E-state index is -0.538. The van der Waals surface area contributed by atoms with E-state index in [-0.39, 0.29) is 23.9 Å². The maximum atomic E-state index is 13.2. The molecule has 0 aromatic heterocycles. The van der Waals surface area contributed by atoms with Gasteiger partial charge in [0.25, 0.3) is 0 Å². The Hall–Kier alpha value is -2.15. The van der Waals surface area contributed by atoms with Crippen LogP contribution in [0.15, 0.2) is 24.3 Å². The summed E-state index contributed by atoms with van der Waals surface area (Å²) in [6.45, 7) is 2.80. The van der Waals surface area contributed by atoms with Crippen LogP contribution in [0, 0.1) is 5.82 Å². The van der Waals surface area contributed by atoms with Gasteiger partial charge in [-0.2, -0.15) is 0 Å². The van der Waals surface area contributed by atoms with Gasteiger partial charge in [-0.15, -0.1) is 0 Å². The van der Waals surface area contributed by atoms with Crippen LogP contribution in [0.5, 0.6) is 0 Å². The van der Waals surface area contributed by atoms with Gasteiger partial charge in [-0.05, 0) is 30.5 Å². The molecule has 2 amide bonds. The maximum Gasteiger partial charge on any atom is 0.327 e. The Bertz CT molecular complexity index is 600. The number of methoxy groups -OCH3 is 1. The number of halogens is 1. The van der Waals surface area contributed by atoms with E-state index in [9.17, 15) is 14.0 Å². The summed E-state index contributed by atoms with van der Waals surface area (Å²) in [5, 5.41) is 2.82. The number of nitrogens with zero attached hydrogens (tertiary/aromatic N) is 2. The fraction of sp³-hybridized carbons (Fsp3) is 0.529. The van der Waals surface area contributed by atoms with Gasteiger partial charge in [0.1, 0.15) is 11.9 Å². The van der Waals surface area contributed by atoms with Gasteiger partial charge >= 0.3 is 12.0 Å². The molecule has 1 N–H and O–H groups in total. The number of amides is 2. The number of nitrogens with one attached hydrogen (secondary N) is 1. The first kappa shape index (κ1) is 16.7. The summed E-state index contributed by atoms with van der Waals surface area (Å²) in [7, 11) is 1.36. The molecule has 24 heavy (non-hydrogen) atoms. The zero-order valence-corrected chi connectivity index (χ0v) is 13.7. The lowest BCUT2D eigenvalue weighted by Gasteiger charge is -2.39. The molecule has 0 aliphatic carbocycles. The molecule has 0 spiro atoms. The van der Waals surface area contributed by atoms with E-state index in [1.807, 2.05) is 9.80 Å². The predicted molar refractivity (Wildman–Crippen MR) is 85.9 cm³/mol. The number of carbonyl (C=O) groups excluding carboxylic acids is 2.